The van der Waals surface area contributed by atoms with Crippen LogP contribution in [0.1, 0.15) is 4.88 Å². The fraction of sp³-hybridized carbons (Fsp3) is 0.167. The standard InChI is InChI=1S/C12H10ClN3OS2/c1-17-10-5-3-8-11(15-10)16(12(18)14-8)6-7-2-4-9(13)19-7/h2-5H,6H2,1H3,(H,14,18). The molecule has 0 bridgehead atoms. The Bertz CT molecular complexity index is 790. The van der Waals surface area contributed by atoms with Gasteiger partial charge in [0.15, 0.2) is 10.4 Å². The Morgan fingerprint density at radius 3 is 2.95 bits per heavy atom. The minimum Gasteiger partial charge on any atom is -0.481 e. The largest absolute Gasteiger partial charge is 0.481 e. The molecule has 0 atom stereocenters. The van der Waals surface area contributed by atoms with Gasteiger partial charge in [-0.05, 0) is 30.4 Å². The van der Waals surface area contributed by atoms with E-state index in [0.717, 1.165) is 20.4 Å². The van der Waals surface area contributed by atoms with E-state index >= 15 is 0 Å². The van der Waals surface area contributed by atoms with Crippen LogP contribution in [0, 0.1) is 4.77 Å². The quantitative estimate of drug-likeness (QED) is 0.747. The van der Waals surface area contributed by atoms with Crippen molar-refractivity contribution < 1.29 is 4.74 Å². The zero-order valence-corrected chi connectivity index (χ0v) is 12.4. The van der Waals surface area contributed by atoms with E-state index < -0.39 is 0 Å². The molecule has 3 heterocycles. The molecule has 0 aromatic carbocycles. The third kappa shape index (κ3) is 2.39. The highest BCUT2D eigenvalue weighted by atomic mass is 35.5. The van der Waals surface area contributed by atoms with E-state index in [0.29, 0.717) is 17.2 Å². The van der Waals surface area contributed by atoms with Crippen molar-refractivity contribution in [3.63, 3.8) is 0 Å². The number of rotatable bonds is 3. The van der Waals surface area contributed by atoms with E-state index in [1.54, 1.807) is 13.2 Å². The number of methoxy groups -OCH3 is 1. The minimum atomic E-state index is 0.569. The van der Waals surface area contributed by atoms with Gasteiger partial charge in [0, 0.05) is 10.9 Å². The van der Waals surface area contributed by atoms with E-state index in [1.165, 1.54) is 11.3 Å². The van der Waals surface area contributed by atoms with Gasteiger partial charge in [0.2, 0.25) is 5.88 Å². The van der Waals surface area contributed by atoms with Crippen LogP contribution in [0.3, 0.4) is 0 Å². The first-order valence-electron chi connectivity index (χ1n) is 5.55. The molecular weight excluding hydrogens is 302 g/mol. The first-order chi connectivity index (χ1) is 9.17. The number of aromatic nitrogens is 3. The number of nitrogens with zero attached hydrogens (tertiary/aromatic N) is 2. The minimum absolute atomic E-state index is 0.569. The second-order valence-corrected chi connectivity index (χ2v) is 6.13. The lowest BCUT2D eigenvalue weighted by Crippen LogP contribution is -1.99. The molecule has 0 saturated carbocycles. The SMILES string of the molecule is COc1ccc2[nH]c(=S)n(Cc3ccc(Cl)s3)c2n1. The zero-order valence-electron chi connectivity index (χ0n) is 10.0. The molecule has 0 aliphatic heterocycles. The second kappa shape index (κ2) is 4.96. The highest BCUT2D eigenvalue weighted by Gasteiger charge is 2.09. The summed E-state index contributed by atoms with van der Waals surface area (Å²) in [6.45, 7) is 0.649. The summed E-state index contributed by atoms with van der Waals surface area (Å²) < 4.78 is 8.50. The lowest BCUT2D eigenvalue weighted by molar-refractivity contribution is 0.399. The molecule has 0 spiro atoms. The van der Waals surface area contributed by atoms with Crippen LogP contribution in [0.2, 0.25) is 4.34 Å². The highest BCUT2D eigenvalue weighted by molar-refractivity contribution is 7.71. The molecule has 4 nitrogen and oxygen atoms in total. The number of aromatic amines is 1. The van der Waals surface area contributed by atoms with E-state index in [-0.39, 0.29) is 0 Å². The summed E-state index contributed by atoms with van der Waals surface area (Å²) in [5.41, 5.74) is 1.68. The van der Waals surface area contributed by atoms with Gasteiger partial charge in [0.1, 0.15) is 0 Å². The summed E-state index contributed by atoms with van der Waals surface area (Å²) in [7, 11) is 1.60. The fourth-order valence-corrected chi connectivity index (χ4v) is 3.20. The van der Waals surface area contributed by atoms with Crippen LogP contribution < -0.4 is 4.74 Å². The number of hydrogen-bond donors (Lipinski definition) is 1. The van der Waals surface area contributed by atoms with E-state index in [9.17, 15) is 0 Å². The van der Waals surface area contributed by atoms with Crippen molar-refractivity contribution in [3.05, 3.63) is 38.3 Å². The normalized spacial score (nSPS) is 11.1. The lowest BCUT2D eigenvalue weighted by atomic mass is 10.4. The van der Waals surface area contributed by atoms with Crippen LogP contribution in [0.5, 0.6) is 5.88 Å². The van der Waals surface area contributed by atoms with Gasteiger partial charge in [-0.15, -0.1) is 11.3 Å². The summed E-state index contributed by atoms with van der Waals surface area (Å²) >= 11 is 12.8. The number of H-pyrrole nitrogens is 1. The Kier molecular flexibility index (Phi) is 3.30. The first-order valence-corrected chi connectivity index (χ1v) is 7.15. The number of imidazole rings is 1. The number of fused-ring (bicyclic) bond motifs is 1. The van der Waals surface area contributed by atoms with E-state index in [1.807, 2.05) is 22.8 Å². The van der Waals surface area contributed by atoms with Crippen molar-refractivity contribution in [2.75, 3.05) is 7.11 Å². The van der Waals surface area contributed by atoms with Crippen molar-refractivity contribution in [1.82, 2.24) is 14.5 Å². The molecule has 3 aromatic heterocycles. The molecule has 0 fully saturated rings. The smallest absolute Gasteiger partial charge is 0.215 e. The van der Waals surface area contributed by atoms with Gasteiger partial charge in [-0.3, -0.25) is 4.57 Å². The Hall–Kier alpha value is -1.37. The summed E-state index contributed by atoms with van der Waals surface area (Å²) in [5, 5.41) is 0. The zero-order chi connectivity index (χ0) is 13.4. The van der Waals surface area contributed by atoms with Gasteiger partial charge < -0.3 is 9.72 Å². The topological polar surface area (TPSA) is 42.8 Å². The number of pyridine rings is 1. The van der Waals surface area contributed by atoms with Crippen LogP contribution in [0.25, 0.3) is 11.2 Å². The van der Waals surface area contributed by atoms with Crippen molar-refractivity contribution >= 4 is 46.3 Å². The summed E-state index contributed by atoms with van der Waals surface area (Å²) in [6, 6.07) is 7.59. The molecule has 0 radical (unpaired) electrons. The molecule has 3 rings (SSSR count). The fourth-order valence-electron chi connectivity index (χ4n) is 1.87. The number of nitrogens with one attached hydrogen (secondary N) is 1. The predicted octanol–water partition coefficient (Wildman–Crippen LogP) is 3.87. The molecule has 1 N–H and O–H groups in total. The predicted molar refractivity (Wildman–Crippen MR) is 79.9 cm³/mol. The molecule has 0 aliphatic rings. The van der Waals surface area contributed by atoms with Gasteiger partial charge in [-0.25, -0.2) is 0 Å². The van der Waals surface area contributed by atoms with Crippen molar-refractivity contribution in [2.45, 2.75) is 6.54 Å². The summed E-state index contributed by atoms with van der Waals surface area (Å²) in [5.74, 6) is 0.569. The van der Waals surface area contributed by atoms with Gasteiger partial charge in [0.25, 0.3) is 0 Å². The Morgan fingerprint density at radius 1 is 1.42 bits per heavy atom. The molecule has 0 saturated heterocycles. The third-order valence-electron chi connectivity index (χ3n) is 2.74. The Labute approximate surface area is 123 Å². The third-order valence-corrected chi connectivity index (χ3v) is 4.28. The molecule has 19 heavy (non-hydrogen) atoms. The molecule has 3 aromatic rings. The molecule has 0 amide bonds. The van der Waals surface area contributed by atoms with Gasteiger partial charge >= 0.3 is 0 Å². The molecule has 0 unspecified atom stereocenters. The highest BCUT2D eigenvalue weighted by Crippen LogP contribution is 2.24. The van der Waals surface area contributed by atoms with Gasteiger partial charge in [-0.2, -0.15) is 4.98 Å². The van der Waals surface area contributed by atoms with Crippen molar-refractivity contribution in [3.8, 4) is 5.88 Å². The maximum absolute atomic E-state index is 5.95. The van der Waals surface area contributed by atoms with Crippen LogP contribution in [-0.4, -0.2) is 21.6 Å². The number of hydrogen-bond acceptors (Lipinski definition) is 4. The van der Waals surface area contributed by atoms with E-state index in [2.05, 4.69) is 9.97 Å². The summed E-state index contributed by atoms with van der Waals surface area (Å²) in [6.07, 6.45) is 0. The number of thiophene rings is 1. The number of ether oxygens (including phenoxy) is 1. The first kappa shape index (κ1) is 12.7. The van der Waals surface area contributed by atoms with Crippen molar-refractivity contribution in [2.24, 2.45) is 0 Å². The maximum Gasteiger partial charge on any atom is 0.215 e. The van der Waals surface area contributed by atoms with Gasteiger partial charge in [-0.1, -0.05) is 11.6 Å². The monoisotopic (exact) mass is 311 g/mol. The molecule has 0 aliphatic carbocycles. The molecule has 7 heteroatoms. The van der Waals surface area contributed by atoms with Crippen LogP contribution >= 0.6 is 35.2 Å². The van der Waals surface area contributed by atoms with E-state index in [4.69, 9.17) is 28.6 Å². The van der Waals surface area contributed by atoms with Gasteiger partial charge in [0.05, 0.1) is 23.5 Å². The van der Waals surface area contributed by atoms with Crippen LogP contribution in [0.4, 0.5) is 0 Å². The Balaban J connectivity index is 2.11. The average molecular weight is 312 g/mol. The van der Waals surface area contributed by atoms with Crippen LogP contribution in [-0.2, 0) is 6.54 Å². The Morgan fingerprint density at radius 2 is 2.26 bits per heavy atom. The van der Waals surface area contributed by atoms with Crippen LogP contribution in [0.15, 0.2) is 24.3 Å². The molecular formula is C12H10ClN3OS2. The summed E-state index contributed by atoms with van der Waals surface area (Å²) in [4.78, 5) is 8.70. The molecule has 98 valence electrons. The lowest BCUT2D eigenvalue weighted by Gasteiger charge is -2.03. The van der Waals surface area contributed by atoms with Crippen molar-refractivity contribution in [1.29, 1.82) is 0 Å². The average Bonchev–Trinajstić information content (AvgIpc) is 2.94. The second-order valence-electron chi connectivity index (χ2n) is 3.95. The maximum atomic E-state index is 5.95. The number of halogens is 1.